The van der Waals surface area contributed by atoms with Crippen molar-refractivity contribution in [2.45, 2.75) is 12.5 Å². The van der Waals surface area contributed by atoms with Crippen molar-refractivity contribution in [2.75, 3.05) is 18.1 Å². The molecular weight excluding hydrogens is 318 g/mol. The summed E-state index contributed by atoms with van der Waals surface area (Å²) in [5.74, 6) is 0.658. The summed E-state index contributed by atoms with van der Waals surface area (Å²) in [4.78, 5) is 29.2. The van der Waals surface area contributed by atoms with Crippen LogP contribution < -0.4 is 0 Å². The fourth-order valence-corrected chi connectivity index (χ4v) is 3.52. The van der Waals surface area contributed by atoms with E-state index in [0.717, 1.165) is 11.3 Å². The minimum atomic E-state index is -0.911. The molecule has 3 rings (SSSR count). The maximum Gasteiger partial charge on any atom is 0.305 e. The highest BCUT2D eigenvalue weighted by molar-refractivity contribution is 7.99. The summed E-state index contributed by atoms with van der Waals surface area (Å²) in [6, 6.07) is 4.83. The smallest absolute Gasteiger partial charge is 0.305 e. The monoisotopic (exact) mass is 333 g/mol. The molecule has 1 aliphatic rings. The van der Waals surface area contributed by atoms with Gasteiger partial charge in [0.05, 0.1) is 12.5 Å². The van der Waals surface area contributed by atoms with Crippen LogP contribution in [0.15, 0.2) is 35.1 Å². The second-order valence-corrected chi connectivity index (χ2v) is 6.29. The number of pyridine rings is 1. The van der Waals surface area contributed by atoms with Gasteiger partial charge in [0.15, 0.2) is 11.5 Å². The van der Waals surface area contributed by atoms with Crippen molar-refractivity contribution < 1.29 is 19.2 Å². The van der Waals surface area contributed by atoms with E-state index in [9.17, 15) is 9.59 Å². The lowest BCUT2D eigenvalue weighted by Crippen LogP contribution is -2.47. The van der Waals surface area contributed by atoms with Crippen molar-refractivity contribution in [2.24, 2.45) is 0 Å². The van der Waals surface area contributed by atoms with Gasteiger partial charge in [0.2, 0.25) is 0 Å². The standard InChI is InChI=1S/C15H15N3O4S/c19-14(20)6-11-9-23-5-4-18(11)15(21)12-7-13(22-17-12)10-2-1-3-16-8-10/h1-3,7-8,11H,4-6,9H2,(H,19,20). The molecule has 0 aromatic carbocycles. The van der Waals surface area contributed by atoms with Crippen molar-refractivity contribution in [1.29, 1.82) is 0 Å². The number of carboxylic acids is 1. The Balaban J connectivity index is 1.79. The average Bonchev–Trinajstić information content (AvgIpc) is 3.05. The molecule has 0 bridgehead atoms. The largest absolute Gasteiger partial charge is 0.481 e. The lowest BCUT2D eigenvalue weighted by Gasteiger charge is -2.33. The van der Waals surface area contributed by atoms with Gasteiger partial charge in [0.1, 0.15) is 0 Å². The molecule has 1 unspecified atom stereocenters. The molecule has 1 aliphatic heterocycles. The maximum atomic E-state index is 12.6. The maximum absolute atomic E-state index is 12.6. The third-order valence-electron chi connectivity index (χ3n) is 3.57. The van der Waals surface area contributed by atoms with Gasteiger partial charge in [-0.1, -0.05) is 5.16 Å². The van der Waals surface area contributed by atoms with Crippen molar-refractivity contribution >= 4 is 23.6 Å². The average molecular weight is 333 g/mol. The topological polar surface area (TPSA) is 96.5 Å². The molecule has 0 saturated carbocycles. The van der Waals surface area contributed by atoms with Crippen molar-refractivity contribution in [3.8, 4) is 11.3 Å². The molecule has 8 heteroatoms. The molecule has 1 N–H and O–H groups in total. The van der Waals surface area contributed by atoms with Crippen LogP contribution in [0.5, 0.6) is 0 Å². The molecule has 2 aromatic rings. The minimum absolute atomic E-state index is 0.0634. The Hall–Kier alpha value is -2.35. The Morgan fingerprint density at radius 2 is 2.35 bits per heavy atom. The number of nitrogens with zero attached hydrogens (tertiary/aromatic N) is 3. The Kier molecular flexibility index (Phi) is 4.61. The fraction of sp³-hybridized carbons (Fsp3) is 0.333. The zero-order chi connectivity index (χ0) is 16.2. The number of carbonyl (C=O) groups excluding carboxylic acids is 1. The van der Waals surface area contributed by atoms with E-state index in [1.807, 2.05) is 6.07 Å². The summed E-state index contributed by atoms with van der Waals surface area (Å²) in [6.45, 7) is 0.510. The van der Waals surface area contributed by atoms with Gasteiger partial charge in [0, 0.05) is 42.1 Å². The Bertz CT molecular complexity index is 704. The zero-order valence-corrected chi connectivity index (χ0v) is 13.0. The number of aliphatic carboxylic acids is 1. The van der Waals surface area contributed by atoms with Crippen LogP contribution in [0.1, 0.15) is 16.9 Å². The van der Waals surface area contributed by atoms with Crippen molar-refractivity contribution in [3.63, 3.8) is 0 Å². The molecule has 23 heavy (non-hydrogen) atoms. The highest BCUT2D eigenvalue weighted by Crippen LogP contribution is 2.24. The molecule has 1 fully saturated rings. The van der Waals surface area contributed by atoms with Crippen LogP contribution in [0, 0.1) is 0 Å². The van der Waals surface area contributed by atoms with Crippen LogP contribution in [0.3, 0.4) is 0 Å². The van der Waals surface area contributed by atoms with E-state index in [-0.39, 0.29) is 24.1 Å². The fourth-order valence-electron chi connectivity index (χ4n) is 2.46. The Morgan fingerprint density at radius 1 is 1.48 bits per heavy atom. The van der Waals surface area contributed by atoms with E-state index in [0.29, 0.717) is 18.1 Å². The van der Waals surface area contributed by atoms with E-state index in [2.05, 4.69) is 10.1 Å². The van der Waals surface area contributed by atoms with Crippen LogP contribution in [-0.4, -0.2) is 56.1 Å². The van der Waals surface area contributed by atoms with Gasteiger partial charge < -0.3 is 14.5 Å². The third kappa shape index (κ3) is 3.53. The number of aromatic nitrogens is 2. The number of rotatable bonds is 4. The number of thioether (sulfide) groups is 1. The lowest BCUT2D eigenvalue weighted by molar-refractivity contribution is -0.138. The van der Waals surface area contributed by atoms with E-state index in [4.69, 9.17) is 9.63 Å². The molecule has 1 amide bonds. The van der Waals surface area contributed by atoms with Crippen LogP contribution in [0.25, 0.3) is 11.3 Å². The molecule has 7 nitrogen and oxygen atoms in total. The number of carboxylic acid groups (broad SMARTS) is 1. The van der Waals surface area contributed by atoms with E-state index >= 15 is 0 Å². The first-order valence-electron chi connectivity index (χ1n) is 7.13. The molecule has 2 aromatic heterocycles. The summed E-state index contributed by atoms with van der Waals surface area (Å²) in [5.41, 5.74) is 0.918. The van der Waals surface area contributed by atoms with Gasteiger partial charge in [-0.15, -0.1) is 0 Å². The molecule has 3 heterocycles. The van der Waals surface area contributed by atoms with Crippen LogP contribution in [-0.2, 0) is 4.79 Å². The van der Waals surface area contributed by atoms with Gasteiger partial charge in [0.25, 0.3) is 5.91 Å². The summed E-state index contributed by atoms with van der Waals surface area (Å²) < 4.78 is 5.22. The summed E-state index contributed by atoms with van der Waals surface area (Å²) in [5, 5.41) is 12.8. The SMILES string of the molecule is O=C(O)CC1CSCCN1C(=O)c1cc(-c2cccnc2)on1. The molecule has 0 radical (unpaired) electrons. The number of carbonyl (C=O) groups is 2. The van der Waals surface area contributed by atoms with E-state index < -0.39 is 5.97 Å². The normalized spacial score (nSPS) is 17.9. The molecule has 1 atom stereocenters. The summed E-state index contributed by atoms with van der Waals surface area (Å²) in [7, 11) is 0. The van der Waals surface area contributed by atoms with E-state index in [1.165, 1.54) is 0 Å². The predicted molar refractivity (Wildman–Crippen MR) is 84.1 cm³/mol. The first-order valence-corrected chi connectivity index (χ1v) is 8.28. The molecule has 120 valence electrons. The second-order valence-electron chi connectivity index (χ2n) is 5.14. The number of hydrogen-bond donors (Lipinski definition) is 1. The predicted octanol–water partition coefficient (Wildman–Crippen LogP) is 1.77. The van der Waals surface area contributed by atoms with Gasteiger partial charge in [-0.3, -0.25) is 14.6 Å². The van der Waals surface area contributed by atoms with Gasteiger partial charge >= 0.3 is 5.97 Å². The van der Waals surface area contributed by atoms with Crippen LogP contribution in [0.2, 0.25) is 0 Å². The quantitative estimate of drug-likeness (QED) is 0.910. The van der Waals surface area contributed by atoms with Crippen LogP contribution >= 0.6 is 11.8 Å². The minimum Gasteiger partial charge on any atom is -0.481 e. The Morgan fingerprint density at radius 3 is 3.09 bits per heavy atom. The van der Waals surface area contributed by atoms with Gasteiger partial charge in [-0.05, 0) is 12.1 Å². The van der Waals surface area contributed by atoms with Crippen LogP contribution in [0.4, 0.5) is 0 Å². The van der Waals surface area contributed by atoms with Gasteiger partial charge in [-0.2, -0.15) is 11.8 Å². The Labute approximate surface area is 136 Å². The number of amides is 1. The zero-order valence-electron chi connectivity index (χ0n) is 12.2. The van der Waals surface area contributed by atoms with Gasteiger partial charge in [-0.25, -0.2) is 0 Å². The summed E-state index contributed by atoms with van der Waals surface area (Å²) in [6.07, 6.45) is 3.21. The highest BCUT2D eigenvalue weighted by atomic mass is 32.2. The van der Waals surface area contributed by atoms with E-state index in [1.54, 1.807) is 41.2 Å². The lowest BCUT2D eigenvalue weighted by atomic mass is 10.1. The first-order chi connectivity index (χ1) is 11.1. The molecule has 1 saturated heterocycles. The third-order valence-corrected chi connectivity index (χ3v) is 4.67. The molecule has 0 spiro atoms. The van der Waals surface area contributed by atoms with Crippen molar-refractivity contribution in [1.82, 2.24) is 15.0 Å². The number of hydrogen-bond acceptors (Lipinski definition) is 6. The summed E-state index contributed by atoms with van der Waals surface area (Å²) >= 11 is 1.65. The highest BCUT2D eigenvalue weighted by Gasteiger charge is 2.31. The first kappa shape index (κ1) is 15.5. The van der Waals surface area contributed by atoms with Crippen molar-refractivity contribution in [3.05, 3.63) is 36.3 Å². The molecule has 0 aliphatic carbocycles. The molecular formula is C15H15N3O4S. The second kappa shape index (κ2) is 6.82.